The van der Waals surface area contributed by atoms with Gasteiger partial charge in [-0.1, -0.05) is 30.3 Å². The van der Waals surface area contributed by atoms with Crippen molar-refractivity contribution in [2.75, 3.05) is 6.26 Å². The zero-order valence-corrected chi connectivity index (χ0v) is 7.69. The van der Waals surface area contributed by atoms with E-state index in [9.17, 15) is 0 Å². The first-order valence-electron chi connectivity index (χ1n) is 3.85. The maximum Gasteiger partial charge on any atom is 0.0155 e. The van der Waals surface area contributed by atoms with Gasteiger partial charge in [-0.15, -0.1) is 11.8 Å². The second-order valence-electron chi connectivity index (χ2n) is 2.61. The fourth-order valence-electron chi connectivity index (χ4n) is 1.22. The molecule has 0 aliphatic heterocycles. The molecule has 2 aromatic rings. The Kier molecular flexibility index (Phi) is 2.05. The number of thioether (sulfide) groups is 1. The lowest BCUT2D eigenvalue weighted by molar-refractivity contribution is 1.50. The van der Waals surface area contributed by atoms with Crippen LogP contribution in [0.3, 0.4) is 0 Å². The van der Waals surface area contributed by atoms with E-state index in [1.54, 1.807) is 11.8 Å². The highest BCUT2D eigenvalue weighted by Crippen LogP contribution is 2.20. The van der Waals surface area contributed by atoms with Crippen LogP contribution in [0.25, 0.3) is 10.8 Å². The van der Waals surface area contributed by atoms with Crippen LogP contribution in [0.1, 0.15) is 0 Å². The number of hydrogen-bond donors (Lipinski definition) is 0. The van der Waals surface area contributed by atoms with Crippen LogP contribution >= 0.6 is 11.8 Å². The van der Waals surface area contributed by atoms with Crippen LogP contribution in [-0.4, -0.2) is 6.26 Å². The standard InChI is InChI=1S/C11H9S/c1-12-11-7-6-9-4-2-3-5-10(9)8-11/h2-7H,1H3. The molecule has 0 fully saturated rings. The normalized spacial score (nSPS) is 10.4. The van der Waals surface area contributed by atoms with Gasteiger partial charge in [0.2, 0.25) is 0 Å². The SMILES string of the molecule is CSc1[c]c2ccccc2cc1. The topological polar surface area (TPSA) is 0 Å². The molecule has 0 aromatic heterocycles. The Labute approximate surface area is 76.6 Å². The average Bonchev–Trinajstić information content (AvgIpc) is 2.17. The molecule has 0 unspecified atom stereocenters. The number of fused-ring (bicyclic) bond motifs is 1. The van der Waals surface area contributed by atoms with Crippen molar-refractivity contribution < 1.29 is 0 Å². The van der Waals surface area contributed by atoms with Crippen molar-refractivity contribution in [3.8, 4) is 0 Å². The number of hydrogen-bond acceptors (Lipinski definition) is 1. The molecule has 0 atom stereocenters. The second kappa shape index (κ2) is 3.20. The van der Waals surface area contributed by atoms with Gasteiger partial charge >= 0.3 is 0 Å². The molecule has 0 nitrogen and oxygen atoms in total. The molecule has 0 aliphatic rings. The predicted molar refractivity (Wildman–Crippen MR) is 54.6 cm³/mol. The summed E-state index contributed by atoms with van der Waals surface area (Å²) in [6.07, 6.45) is 2.07. The Morgan fingerprint density at radius 2 is 1.92 bits per heavy atom. The van der Waals surface area contributed by atoms with E-state index in [2.05, 4.69) is 42.7 Å². The Bertz CT molecular complexity index is 393. The van der Waals surface area contributed by atoms with Crippen LogP contribution in [0.15, 0.2) is 41.3 Å². The molecule has 1 radical (unpaired) electrons. The van der Waals surface area contributed by atoms with E-state index in [0.29, 0.717) is 0 Å². The van der Waals surface area contributed by atoms with Crippen molar-refractivity contribution in [1.29, 1.82) is 0 Å². The minimum absolute atomic E-state index is 1.20. The first kappa shape index (κ1) is 7.69. The van der Waals surface area contributed by atoms with Gasteiger partial charge in [-0.3, -0.25) is 0 Å². The van der Waals surface area contributed by atoms with Gasteiger partial charge in [-0.25, -0.2) is 0 Å². The highest BCUT2D eigenvalue weighted by molar-refractivity contribution is 7.98. The van der Waals surface area contributed by atoms with E-state index in [0.717, 1.165) is 0 Å². The second-order valence-corrected chi connectivity index (χ2v) is 3.46. The first-order chi connectivity index (χ1) is 5.90. The van der Waals surface area contributed by atoms with Crippen LogP contribution in [0, 0.1) is 6.07 Å². The van der Waals surface area contributed by atoms with Crippen molar-refractivity contribution in [2.24, 2.45) is 0 Å². The summed E-state index contributed by atoms with van der Waals surface area (Å²) in [7, 11) is 0. The molecule has 2 rings (SSSR count). The maximum absolute atomic E-state index is 3.34. The lowest BCUT2D eigenvalue weighted by Crippen LogP contribution is -1.73. The van der Waals surface area contributed by atoms with Gasteiger partial charge in [0.15, 0.2) is 0 Å². The lowest BCUT2D eigenvalue weighted by atomic mass is 10.1. The fourth-order valence-corrected chi connectivity index (χ4v) is 1.63. The lowest BCUT2D eigenvalue weighted by Gasteiger charge is -1.98. The van der Waals surface area contributed by atoms with E-state index >= 15 is 0 Å². The molecule has 0 bridgehead atoms. The minimum Gasteiger partial charge on any atom is -0.129 e. The smallest absolute Gasteiger partial charge is 0.0155 e. The Balaban J connectivity index is 2.67. The van der Waals surface area contributed by atoms with Crippen LogP contribution < -0.4 is 0 Å². The molecule has 2 aromatic carbocycles. The zero-order valence-electron chi connectivity index (χ0n) is 6.87. The van der Waals surface area contributed by atoms with Gasteiger partial charge in [0.05, 0.1) is 0 Å². The molecule has 0 heterocycles. The zero-order chi connectivity index (χ0) is 8.39. The van der Waals surface area contributed by atoms with E-state index in [4.69, 9.17) is 0 Å². The molecule has 0 saturated carbocycles. The quantitative estimate of drug-likeness (QED) is 0.596. The minimum atomic E-state index is 1.20. The number of benzene rings is 2. The van der Waals surface area contributed by atoms with E-state index in [1.165, 1.54) is 15.7 Å². The molecule has 0 aliphatic carbocycles. The van der Waals surface area contributed by atoms with Crippen molar-refractivity contribution in [3.63, 3.8) is 0 Å². The van der Waals surface area contributed by atoms with Crippen LogP contribution in [-0.2, 0) is 0 Å². The summed E-state index contributed by atoms with van der Waals surface area (Å²) >= 11 is 1.73. The molecular weight excluding hydrogens is 164 g/mol. The van der Waals surface area contributed by atoms with Gasteiger partial charge in [0.25, 0.3) is 0 Å². The predicted octanol–water partition coefficient (Wildman–Crippen LogP) is 3.36. The van der Waals surface area contributed by atoms with Gasteiger partial charge in [0.1, 0.15) is 0 Å². The Morgan fingerprint density at radius 1 is 1.08 bits per heavy atom. The molecule has 0 saturated heterocycles. The van der Waals surface area contributed by atoms with Crippen LogP contribution in [0.5, 0.6) is 0 Å². The van der Waals surface area contributed by atoms with E-state index in [-0.39, 0.29) is 0 Å². The Hall–Kier alpha value is -0.950. The van der Waals surface area contributed by atoms with Crippen molar-refractivity contribution in [1.82, 2.24) is 0 Å². The van der Waals surface area contributed by atoms with Gasteiger partial charge < -0.3 is 0 Å². The summed E-state index contributed by atoms with van der Waals surface area (Å²) in [5.41, 5.74) is 0. The molecule has 0 amide bonds. The summed E-state index contributed by atoms with van der Waals surface area (Å²) in [6.45, 7) is 0. The first-order valence-corrected chi connectivity index (χ1v) is 5.08. The molecule has 12 heavy (non-hydrogen) atoms. The molecule has 0 spiro atoms. The van der Waals surface area contributed by atoms with E-state index in [1.807, 2.05) is 6.07 Å². The highest BCUT2D eigenvalue weighted by atomic mass is 32.2. The monoisotopic (exact) mass is 173 g/mol. The third kappa shape index (κ3) is 1.32. The molecule has 0 N–H and O–H groups in total. The third-order valence-electron chi connectivity index (χ3n) is 1.85. The highest BCUT2D eigenvalue weighted by Gasteiger charge is 1.93. The summed E-state index contributed by atoms with van der Waals surface area (Å²) in [4.78, 5) is 1.20. The van der Waals surface area contributed by atoms with Gasteiger partial charge in [-0.2, -0.15) is 0 Å². The fraction of sp³-hybridized carbons (Fsp3) is 0.0909. The Morgan fingerprint density at radius 3 is 2.75 bits per heavy atom. The van der Waals surface area contributed by atoms with E-state index < -0.39 is 0 Å². The number of rotatable bonds is 1. The van der Waals surface area contributed by atoms with Crippen molar-refractivity contribution in [3.05, 3.63) is 42.5 Å². The third-order valence-corrected chi connectivity index (χ3v) is 2.53. The summed E-state index contributed by atoms with van der Waals surface area (Å²) in [5.74, 6) is 0. The van der Waals surface area contributed by atoms with Gasteiger partial charge in [0, 0.05) is 11.0 Å². The molecule has 59 valence electrons. The summed E-state index contributed by atoms with van der Waals surface area (Å²) < 4.78 is 0. The van der Waals surface area contributed by atoms with Crippen LogP contribution in [0.2, 0.25) is 0 Å². The van der Waals surface area contributed by atoms with Gasteiger partial charge in [-0.05, 0) is 23.1 Å². The summed E-state index contributed by atoms with van der Waals surface area (Å²) in [5, 5.41) is 2.46. The van der Waals surface area contributed by atoms with Crippen molar-refractivity contribution in [2.45, 2.75) is 4.90 Å². The van der Waals surface area contributed by atoms with Crippen LogP contribution in [0.4, 0.5) is 0 Å². The van der Waals surface area contributed by atoms with Crippen molar-refractivity contribution >= 4 is 22.5 Å². The molecule has 1 heteroatoms. The molecular formula is C11H9S. The average molecular weight is 173 g/mol. The summed E-state index contributed by atoms with van der Waals surface area (Å²) in [6, 6.07) is 15.9. The maximum atomic E-state index is 3.34. The largest absolute Gasteiger partial charge is 0.129 e.